The van der Waals surface area contributed by atoms with E-state index in [0.717, 1.165) is 6.42 Å². The molecule has 0 radical (unpaired) electrons. The zero-order valence-corrected chi connectivity index (χ0v) is 14.4. The van der Waals surface area contributed by atoms with Crippen LogP contribution in [0.1, 0.15) is 39.3 Å². The third-order valence-electron chi connectivity index (χ3n) is 3.05. The van der Waals surface area contributed by atoms with Gasteiger partial charge in [-0.15, -0.1) is 11.3 Å². The summed E-state index contributed by atoms with van der Waals surface area (Å²) in [4.78, 5) is 40.9. The number of anilines is 1. The molecule has 0 spiro atoms. The molecule has 8 heteroatoms. The maximum absolute atomic E-state index is 11.8. The largest absolute Gasteiger partial charge is 0.455 e. The molecule has 0 saturated carbocycles. The maximum Gasteiger partial charge on any atom is 0.312 e. The van der Waals surface area contributed by atoms with E-state index in [4.69, 9.17) is 4.74 Å². The number of nitrogens with one attached hydrogen (secondary N) is 1. The molecule has 0 aliphatic carbocycles. The number of thiazole rings is 1. The topological polar surface area (TPSA) is 88.6 Å². The molecule has 1 aromatic heterocycles. The lowest BCUT2D eigenvalue weighted by Crippen LogP contribution is -2.42. The van der Waals surface area contributed by atoms with Crippen molar-refractivity contribution in [3.05, 3.63) is 11.1 Å². The normalized spacial score (nSPS) is 14.9. The quantitative estimate of drug-likeness (QED) is 0.816. The molecule has 1 aliphatic rings. The van der Waals surface area contributed by atoms with Gasteiger partial charge in [-0.25, -0.2) is 4.98 Å². The highest BCUT2D eigenvalue weighted by atomic mass is 32.1. The summed E-state index contributed by atoms with van der Waals surface area (Å²) in [6.07, 6.45) is 1.36. The highest BCUT2D eigenvalue weighted by Gasteiger charge is 2.24. The summed E-state index contributed by atoms with van der Waals surface area (Å²) in [5, 5.41) is 5.06. The molecule has 1 N–H and O–H groups in total. The summed E-state index contributed by atoms with van der Waals surface area (Å²) in [7, 11) is 0. The Balaban J connectivity index is 1.81. The van der Waals surface area contributed by atoms with Crippen LogP contribution in [0.25, 0.3) is 0 Å². The molecule has 2 heterocycles. The van der Waals surface area contributed by atoms with Crippen LogP contribution in [-0.2, 0) is 25.5 Å². The summed E-state index contributed by atoms with van der Waals surface area (Å²) >= 11 is 1.33. The molecule has 0 unspecified atom stereocenters. The minimum Gasteiger partial charge on any atom is -0.455 e. The van der Waals surface area contributed by atoms with Crippen LogP contribution in [0.3, 0.4) is 0 Å². The fourth-order valence-corrected chi connectivity index (χ4v) is 3.02. The van der Waals surface area contributed by atoms with E-state index in [2.05, 4.69) is 10.3 Å². The van der Waals surface area contributed by atoms with Gasteiger partial charge in [0.25, 0.3) is 5.91 Å². The van der Waals surface area contributed by atoms with Crippen molar-refractivity contribution in [2.24, 2.45) is 0 Å². The molecule has 1 aliphatic heterocycles. The van der Waals surface area contributed by atoms with Crippen molar-refractivity contribution in [2.75, 3.05) is 18.1 Å². The van der Waals surface area contributed by atoms with Crippen LogP contribution in [0, 0.1) is 0 Å². The van der Waals surface area contributed by atoms with E-state index < -0.39 is 5.97 Å². The zero-order valence-electron chi connectivity index (χ0n) is 13.5. The van der Waals surface area contributed by atoms with Crippen molar-refractivity contribution < 1.29 is 19.1 Å². The maximum atomic E-state index is 11.8. The van der Waals surface area contributed by atoms with Crippen molar-refractivity contribution >= 4 is 34.3 Å². The Labute approximate surface area is 139 Å². The first kappa shape index (κ1) is 17.4. The first-order chi connectivity index (χ1) is 10.7. The minimum atomic E-state index is -0.515. The number of ether oxygens (including phenoxy) is 1. The van der Waals surface area contributed by atoms with E-state index in [1.54, 1.807) is 10.3 Å². The lowest BCUT2D eigenvalue weighted by atomic mass is 10.1. The predicted molar refractivity (Wildman–Crippen MR) is 86.3 cm³/mol. The van der Waals surface area contributed by atoms with Gasteiger partial charge in [0.05, 0.1) is 12.1 Å². The zero-order chi connectivity index (χ0) is 17.0. The highest BCUT2D eigenvalue weighted by Crippen LogP contribution is 2.25. The molecule has 23 heavy (non-hydrogen) atoms. The second kappa shape index (κ2) is 7.08. The summed E-state index contributed by atoms with van der Waals surface area (Å²) in [5.41, 5.74) is 0.182. The van der Waals surface area contributed by atoms with Crippen molar-refractivity contribution in [1.82, 2.24) is 10.3 Å². The van der Waals surface area contributed by atoms with Crippen molar-refractivity contribution in [1.29, 1.82) is 0 Å². The fraction of sp³-hybridized carbons (Fsp3) is 0.600. The van der Waals surface area contributed by atoms with E-state index in [-0.39, 0.29) is 30.4 Å². The molecular formula is C15H21N3O4S. The summed E-state index contributed by atoms with van der Waals surface area (Å²) in [6, 6.07) is 0. The monoisotopic (exact) mass is 339 g/mol. The van der Waals surface area contributed by atoms with Crippen LogP contribution >= 0.6 is 11.3 Å². The molecule has 1 fully saturated rings. The third-order valence-corrected chi connectivity index (χ3v) is 3.96. The standard InChI is InChI=1S/C15H21N3O4S/c1-15(2,3)17-11(19)8-22-13(21)7-10-9-23-14(16-10)18-6-4-5-12(18)20/h9H,4-8H2,1-3H3,(H,17,19). The first-order valence-corrected chi connectivity index (χ1v) is 8.34. The van der Waals surface area contributed by atoms with Gasteiger partial charge in [-0.05, 0) is 27.2 Å². The summed E-state index contributed by atoms with van der Waals surface area (Å²) in [5.74, 6) is -0.793. The number of esters is 1. The fourth-order valence-electron chi connectivity index (χ4n) is 2.15. The van der Waals surface area contributed by atoms with E-state index in [9.17, 15) is 14.4 Å². The number of rotatable bonds is 5. The highest BCUT2D eigenvalue weighted by molar-refractivity contribution is 7.14. The Bertz CT molecular complexity index is 606. The van der Waals surface area contributed by atoms with Crippen LogP contribution < -0.4 is 10.2 Å². The second-order valence-corrected chi connectivity index (χ2v) is 7.24. The van der Waals surface area contributed by atoms with Gasteiger partial charge in [-0.2, -0.15) is 0 Å². The van der Waals surface area contributed by atoms with Crippen LogP contribution in [0.4, 0.5) is 5.13 Å². The molecule has 0 bridgehead atoms. The number of amides is 2. The Morgan fingerprint density at radius 3 is 2.78 bits per heavy atom. The Hall–Kier alpha value is -1.96. The summed E-state index contributed by atoms with van der Waals surface area (Å²) in [6.45, 7) is 5.91. The number of hydrogen-bond donors (Lipinski definition) is 1. The second-order valence-electron chi connectivity index (χ2n) is 6.41. The average Bonchev–Trinajstić information content (AvgIpc) is 3.03. The molecule has 2 amide bonds. The first-order valence-electron chi connectivity index (χ1n) is 7.46. The molecule has 0 atom stereocenters. The molecule has 2 rings (SSSR count). The number of nitrogens with zero attached hydrogens (tertiary/aromatic N) is 2. The number of hydrogen-bond acceptors (Lipinski definition) is 6. The molecule has 1 saturated heterocycles. The van der Waals surface area contributed by atoms with Gasteiger partial charge >= 0.3 is 5.97 Å². The van der Waals surface area contributed by atoms with Crippen LogP contribution in [0.15, 0.2) is 5.38 Å². The van der Waals surface area contributed by atoms with Gasteiger partial charge < -0.3 is 10.1 Å². The average molecular weight is 339 g/mol. The van der Waals surface area contributed by atoms with Gasteiger partial charge in [0.2, 0.25) is 5.91 Å². The van der Waals surface area contributed by atoms with Crippen molar-refractivity contribution in [2.45, 2.75) is 45.6 Å². The lowest BCUT2D eigenvalue weighted by molar-refractivity contribution is -0.148. The molecular weight excluding hydrogens is 318 g/mol. The van der Waals surface area contributed by atoms with Crippen LogP contribution in [-0.4, -0.2) is 41.5 Å². The SMILES string of the molecule is CC(C)(C)NC(=O)COC(=O)Cc1csc(N2CCCC2=O)n1. The van der Waals surface area contributed by atoms with Gasteiger partial charge in [0, 0.05) is 23.9 Å². The van der Waals surface area contributed by atoms with E-state index >= 15 is 0 Å². The Morgan fingerprint density at radius 2 is 2.17 bits per heavy atom. The van der Waals surface area contributed by atoms with Crippen LogP contribution in [0.2, 0.25) is 0 Å². The predicted octanol–water partition coefficient (Wildman–Crippen LogP) is 1.27. The lowest BCUT2D eigenvalue weighted by Gasteiger charge is -2.20. The number of carbonyl (C=O) groups excluding carboxylic acids is 3. The van der Waals surface area contributed by atoms with E-state index in [1.165, 1.54) is 11.3 Å². The Morgan fingerprint density at radius 1 is 1.43 bits per heavy atom. The number of carbonyl (C=O) groups is 3. The van der Waals surface area contributed by atoms with Crippen molar-refractivity contribution in [3.63, 3.8) is 0 Å². The van der Waals surface area contributed by atoms with E-state index in [0.29, 0.717) is 23.8 Å². The molecule has 1 aromatic rings. The van der Waals surface area contributed by atoms with E-state index in [1.807, 2.05) is 20.8 Å². The van der Waals surface area contributed by atoms with Gasteiger partial charge in [0.15, 0.2) is 11.7 Å². The molecule has 126 valence electrons. The van der Waals surface area contributed by atoms with Crippen LogP contribution in [0.5, 0.6) is 0 Å². The Kier molecular flexibility index (Phi) is 5.35. The molecule has 0 aromatic carbocycles. The smallest absolute Gasteiger partial charge is 0.312 e. The number of aromatic nitrogens is 1. The minimum absolute atomic E-state index is 0.0126. The van der Waals surface area contributed by atoms with Gasteiger partial charge in [0.1, 0.15) is 0 Å². The third kappa shape index (κ3) is 5.31. The summed E-state index contributed by atoms with van der Waals surface area (Å²) < 4.78 is 4.94. The van der Waals surface area contributed by atoms with Gasteiger partial charge in [-0.3, -0.25) is 19.3 Å². The molecule has 7 nitrogen and oxygen atoms in total. The van der Waals surface area contributed by atoms with Gasteiger partial charge in [-0.1, -0.05) is 0 Å². The van der Waals surface area contributed by atoms with Crippen molar-refractivity contribution in [3.8, 4) is 0 Å².